The first-order valence-electron chi connectivity index (χ1n) is 8.04. The third kappa shape index (κ3) is 4.00. The van der Waals surface area contributed by atoms with Crippen molar-refractivity contribution < 1.29 is 22.3 Å². The average molecular weight is 402 g/mol. The van der Waals surface area contributed by atoms with Crippen LogP contribution in [0.3, 0.4) is 0 Å². The maximum Gasteiger partial charge on any atom is 0.425 e. The van der Waals surface area contributed by atoms with Gasteiger partial charge in [0.25, 0.3) is 6.02 Å². The summed E-state index contributed by atoms with van der Waals surface area (Å²) in [6.45, 7) is 1.45. The Morgan fingerprint density at radius 1 is 1.22 bits per heavy atom. The van der Waals surface area contributed by atoms with Crippen molar-refractivity contribution in [2.45, 2.75) is 31.2 Å². The number of rotatable bonds is 2. The van der Waals surface area contributed by atoms with Gasteiger partial charge in [0.05, 0.1) is 10.6 Å². The second-order valence-electron chi connectivity index (χ2n) is 6.38. The number of nitrogens with zero attached hydrogens (tertiary/aromatic N) is 2. The molecule has 1 aromatic heterocycles. The molecule has 0 bridgehead atoms. The molecule has 4 nitrogen and oxygen atoms in total. The Bertz CT molecular complexity index is 887. The third-order valence-corrected chi connectivity index (χ3v) is 4.56. The predicted molar refractivity (Wildman–Crippen MR) is 94.0 cm³/mol. The quantitative estimate of drug-likeness (QED) is 0.743. The predicted octanol–water partition coefficient (Wildman–Crippen LogP) is 4.68. The van der Waals surface area contributed by atoms with Crippen LogP contribution in [0.2, 0.25) is 5.02 Å². The van der Waals surface area contributed by atoms with E-state index in [2.05, 4.69) is 15.3 Å². The number of hydrogen-bond acceptors (Lipinski definition) is 4. The fraction of sp³-hybridized carbons (Fsp3) is 0.333. The highest BCUT2D eigenvalue weighted by Crippen LogP contribution is 2.42. The molecule has 0 amide bonds. The summed E-state index contributed by atoms with van der Waals surface area (Å²) in [5, 5.41) is 2.87. The van der Waals surface area contributed by atoms with Crippen LogP contribution in [0.5, 0.6) is 0 Å². The van der Waals surface area contributed by atoms with E-state index in [1.165, 1.54) is 44.6 Å². The summed E-state index contributed by atoms with van der Waals surface area (Å²) < 4.78 is 59.3. The van der Waals surface area contributed by atoms with Crippen molar-refractivity contribution in [1.29, 1.82) is 0 Å². The number of aliphatic imine (C=N–C) groups is 1. The van der Waals surface area contributed by atoms with Gasteiger partial charge in [-0.3, -0.25) is 4.98 Å². The van der Waals surface area contributed by atoms with Crippen LogP contribution in [0.4, 0.5) is 17.6 Å². The molecule has 0 spiro atoms. The molecule has 0 fully saturated rings. The second kappa shape index (κ2) is 6.99. The van der Waals surface area contributed by atoms with Crippen molar-refractivity contribution in [1.82, 2.24) is 10.3 Å². The number of alkyl halides is 3. The number of hydrogen-bond donors (Lipinski definition) is 1. The fourth-order valence-corrected chi connectivity index (χ4v) is 3.16. The van der Waals surface area contributed by atoms with Gasteiger partial charge in [0.1, 0.15) is 5.82 Å². The molecule has 0 radical (unpaired) electrons. The summed E-state index contributed by atoms with van der Waals surface area (Å²) in [6, 6.07) is 5.53. The lowest BCUT2D eigenvalue weighted by atomic mass is 9.84. The number of halogens is 5. The Kier molecular flexibility index (Phi) is 5.03. The molecule has 3 rings (SSSR count). The summed E-state index contributed by atoms with van der Waals surface area (Å²) >= 11 is 5.94. The van der Waals surface area contributed by atoms with E-state index in [1.807, 2.05) is 0 Å². The SMILES string of the molecule is CNC1=N[C@](C)(c2cc(-c3cncc(Cl)c3)ccc2F)C[C@@H](C(F)(F)F)O1. The van der Waals surface area contributed by atoms with Gasteiger partial charge in [-0.25, -0.2) is 9.38 Å². The fourth-order valence-electron chi connectivity index (χ4n) is 2.99. The van der Waals surface area contributed by atoms with Gasteiger partial charge in [-0.2, -0.15) is 13.2 Å². The summed E-state index contributed by atoms with van der Waals surface area (Å²) in [4.78, 5) is 8.16. The maximum atomic E-state index is 14.6. The smallest absolute Gasteiger partial charge is 0.425 e. The molecule has 1 N–H and O–H groups in total. The molecule has 144 valence electrons. The van der Waals surface area contributed by atoms with Crippen LogP contribution in [0.1, 0.15) is 18.9 Å². The van der Waals surface area contributed by atoms with Crippen LogP contribution in [0.25, 0.3) is 11.1 Å². The minimum atomic E-state index is -4.61. The number of pyridine rings is 1. The molecule has 0 aliphatic carbocycles. The molecule has 2 aromatic rings. The van der Waals surface area contributed by atoms with Crippen LogP contribution in [-0.4, -0.2) is 30.3 Å². The highest BCUT2D eigenvalue weighted by atomic mass is 35.5. The maximum absolute atomic E-state index is 14.6. The Balaban J connectivity index is 2.09. The van der Waals surface area contributed by atoms with E-state index in [0.29, 0.717) is 16.1 Å². The highest BCUT2D eigenvalue weighted by Gasteiger charge is 2.50. The zero-order chi connectivity index (χ0) is 19.8. The lowest BCUT2D eigenvalue weighted by molar-refractivity contribution is -0.208. The first-order valence-corrected chi connectivity index (χ1v) is 8.42. The van der Waals surface area contributed by atoms with Crippen molar-refractivity contribution in [3.05, 3.63) is 53.1 Å². The van der Waals surface area contributed by atoms with Crippen LogP contribution in [-0.2, 0) is 10.3 Å². The largest absolute Gasteiger partial charge is 0.452 e. The second-order valence-corrected chi connectivity index (χ2v) is 6.82. The summed E-state index contributed by atoms with van der Waals surface area (Å²) in [7, 11) is 1.39. The van der Waals surface area contributed by atoms with Gasteiger partial charge in [-0.05, 0) is 30.7 Å². The number of benzene rings is 1. The number of aromatic nitrogens is 1. The lowest BCUT2D eigenvalue weighted by Crippen LogP contribution is -2.46. The third-order valence-electron chi connectivity index (χ3n) is 4.35. The number of ether oxygens (including phenoxy) is 1. The molecule has 27 heavy (non-hydrogen) atoms. The molecule has 0 unspecified atom stereocenters. The van der Waals surface area contributed by atoms with Gasteiger partial charge >= 0.3 is 6.18 Å². The van der Waals surface area contributed by atoms with Gasteiger partial charge in [0, 0.05) is 37.0 Å². The van der Waals surface area contributed by atoms with E-state index < -0.39 is 30.1 Å². The van der Waals surface area contributed by atoms with Crippen molar-refractivity contribution in [3.8, 4) is 11.1 Å². The van der Waals surface area contributed by atoms with Gasteiger partial charge in [0.15, 0.2) is 6.10 Å². The first kappa shape index (κ1) is 19.4. The summed E-state index contributed by atoms with van der Waals surface area (Å²) in [6.07, 6.45) is -4.26. The average Bonchev–Trinajstić information content (AvgIpc) is 2.60. The Morgan fingerprint density at radius 2 is 1.96 bits per heavy atom. The monoisotopic (exact) mass is 401 g/mol. The molecule has 1 aliphatic rings. The van der Waals surface area contributed by atoms with Gasteiger partial charge in [0.2, 0.25) is 0 Å². The van der Waals surface area contributed by atoms with E-state index in [9.17, 15) is 17.6 Å². The molecule has 2 heterocycles. The van der Waals surface area contributed by atoms with Gasteiger partial charge in [-0.1, -0.05) is 17.7 Å². The molecule has 9 heteroatoms. The minimum Gasteiger partial charge on any atom is -0.452 e. The van der Waals surface area contributed by atoms with Crippen molar-refractivity contribution in [3.63, 3.8) is 0 Å². The van der Waals surface area contributed by atoms with Crippen LogP contribution >= 0.6 is 11.6 Å². The molecular weight excluding hydrogens is 386 g/mol. The standard InChI is InChI=1S/C18H16ClF4N3O/c1-17(7-15(18(21,22)23)27-16(24-2)26-17)13-6-10(3-4-14(13)20)11-5-12(19)9-25-8-11/h3-6,8-9,15H,7H2,1-2H3,(H,24,26)/t15-,17-/m0/s1. The first-order chi connectivity index (χ1) is 12.6. The molecular formula is C18H16ClF4N3O. The van der Waals surface area contributed by atoms with Gasteiger partial charge in [-0.15, -0.1) is 0 Å². The zero-order valence-electron chi connectivity index (χ0n) is 14.4. The van der Waals surface area contributed by atoms with E-state index in [0.717, 1.165) is 0 Å². The Morgan fingerprint density at radius 3 is 2.59 bits per heavy atom. The topological polar surface area (TPSA) is 46.5 Å². The minimum absolute atomic E-state index is 0.0327. The molecule has 2 atom stereocenters. The lowest BCUT2D eigenvalue weighted by Gasteiger charge is -2.36. The molecule has 0 saturated carbocycles. The highest BCUT2D eigenvalue weighted by molar-refractivity contribution is 6.30. The van der Waals surface area contributed by atoms with E-state index >= 15 is 0 Å². The van der Waals surface area contributed by atoms with Crippen LogP contribution < -0.4 is 5.32 Å². The number of amidine groups is 1. The zero-order valence-corrected chi connectivity index (χ0v) is 15.2. The van der Waals surface area contributed by atoms with E-state index in [4.69, 9.17) is 16.3 Å². The number of nitrogens with one attached hydrogen (secondary N) is 1. The Labute approximate surface area is 158 Å². The van der Waals surface area contributed by atoms with Crippen molar-refractivity contribution in [2.75, 3.05) is 7.05 Å². The molecule has 0 saturated heterocycles. The Hall–Kier alpha value is -2.35. The van der Waals surface area contributed by atoms with E-state index in [-0.39, 0.29) is 11.6 Å². The summed E-state index contributed by atoms with van der Waals surface area (Å²) in [5.74, 6) is -0.654. The van der Waals surface area contributed by atoms with Crippen molar-refractivity contribution >= 4 is 17.6 Å². The van der Waals surface area contributed by atoms with Gasteiger partial charge < -0.3 is 10.1 Å². The normalized spacial score (nSPS) is 22.8. The van der Waals surface area contributed by atoms with Crippen LogP contribution in [0.15, 0.2) is 41.7 Å². The van der Waals surface area contributed by atoms with E-state index in [1.54, 1.807) is 6.07 Å². The van der Waals surface area contributed by atoms with Crippen molar-refractivity contribution in [2.24, 2.45) is 4.99 Å². The summed E-state index contributed by atoms with van der Waals surface area (Å²) in [5.41, 5.74) is -0.253. The molecule has 1 aliphatic heterocycles. The van der Waals surface area contributed by atoms with Crippen LogP contribution in [0, 0.1) is 5.82 Å². The molecule has 1 aromatic carbocycles.